The minimum absolute atomic E-state index is 0.553. The van der Waals surface area contributed by atoms with Crippen LogP contribution in [0.3, 0.4) is 0 Å². The lowest BCUT2D eigenvalue weighted by Crippen LogP contribution is -2.47. The lowest BCUT2D eigenvalue weighted by molar-refractivity contribution is 0.108. The van der Waals surface area contributed by atoms with E-state index < -0.39 is 0 Å². The van der Waals surface area contributed by atoms with Gasteiger partial charge in [-0.2, -0.15) is 0 Å². The van der Waals surface area contributed by atoms with Crippen LogP contribution in [-0.4, -0.2) is 49.6 Å². The molecule has 1 saturated heterocycles. The van der Waals surface area contributed by atoms with Crippen molar-refractivity contribution in [3.8, 4) is 11.5 Å². The lowest BCUT2D eigenvalue weighted by atomic mass is 9.93. The maximum absolute atomic E-state index is 6.10. The van der Waals surface area contributed by atoms with Crippen molar-refractivity contribution in [2.45, 2.75) is 26.0 Å². The molecule has 2 aromatic carbocycles. The fourth-order valence-corrected chi connectivity index (χ4v) is 5.49. The summed E-state index contributed by atoms with van der Waals surface area (Å²) in [5, 5.41) is 0. The Kier molecular flexibility index (Phi) is 6.28. The van der Waals surface area contributed by atoms with E-state index in [1.165, 1.54) is 38.0 Å². The predicted molar refractivity (Wildman–Crippen MR) is 124 cm³/mol. The average Bonchev–Trinajstić information content (AvgIpc) is 3.43. The Morgan fingerprint density at radius 3 is 2.35 bits per heavy atom. The van der Waals surface area contributed by atoms with Crippen molar-refractivity contribution < 1.29 is 9.47 Å². The summed E-state index contributed by atoms with van der Waals surface area (Å²) in [4.78, 5) is 5.26. The monoisotopic (exact) mass is 418 g/mol. The van der Waals surface area contributed by atoms with Crippen LogP contribution in [0.25, 0.3) is 0 Å². The zero-order chi connectivity index (χ0) is 21.0. The van der Waals surface area contributed by atoms with Crippen LogP contribution in [0.4, 0.5) is 0 Å². The van der Waals surface area contributed by atoms with Crippen molar-refractivity contribution in [3.63, 3.8) is 0 Å². The van der Waals surface area contributed by atoms with Crippen molar-refractivity contribution in [2.24, 2.45) is 17.8 Å². The second kappa shape index (κ2) is 9.46. The molecule has 3 aliphatic rings. The average molecular weight is 419 g/mol. The molecule has 1 aliphatic heterocycles. The molecule has 2 aromatic rings. The summed E-state index contributed by atoms with van der Waals surface area (Å²) < 4.78 is 11.6. The molecule has 4 nitrogen and oxygen atoms in total. The first kappa shape index (κ1) is 20.6. The van der Waals surface area contributed by atoms with Crippen LogP contribution in [0.15, 0.2) is 60.7 Å². The second-order valence-electron chi connectivity index (χ2n) is 9.38. The van der Waals surface area contributed by atoms with E-state index in [9.17, 15) is 0 Å². The fourth-order valence-electron chi connectivity index (χ4n) is 5.49. The van der Waals surface area contributed by atoms with Crippen LogP contribution in [0.2, 0.25) is 0 Å². The Morgan fingerprint density at radius 2 is 1.65 bits per heavy atom. The first-order valence-corrected chi connectivity index (χ1v) is 11.7. The van der Waals surface area contributed by atoms with Gasteiger partial charge in [0.1, 0.15) is 6.61 Å². The molecule has 0 radical (unpaired) electrons. The van der Waals surface area contributed by atoms with Gasteiger partial charge >= 0.3 is 0 Å². The number of rotatable bonds is 8. The van der Waals surface area contributed by atoms with Crippen molar-refractivity contribution in [2.75, 3.05) is 39.8 Å². The molecular formula is C27H34N2O2. The molecule has 2 aliphatic carbocycles. The van der Waals surface area contributed by atoms with E-state index in [4.69, 9.17) is 9.47 Å². The molecule has 0 N–H and O–H groups in total. The lowest BCUT2D eigenvalue weighted by Gasteiger charge is -2.37. The quantitative estimate of drug-likeness (QED) is 0.585. The van der Waals surface area contributed by atoms with Gasteiger partial charge in [-0.1, -0.05) is 48.6 Å². The van der Waals surface area contributed by atoms with Crippen molar-refractivity contribution in [3.05, 3.63) is 71.8 Å². The Hall–Kier alpha value is -2.30. The van der Waals surface area contributed by atoms with Crippen molar-refractivity contribution >= 4 is 0 Å². The molecule has 0 spiro atoms. The number of hydrogen-bond donors (Lipinski definition) is 0. The molecule has 4 heteroatoms. The van der Waals surface area contributed by atoms with Gasteiger partial charge in [0.25, 0.3) is 0 Å². The first-order valence-electron chi connectivity index (χ1n) is 11.7. The highest BCUT2D eigenvalue weighted by Gasteiger charge is 2.36. The molecule has 0 unspecified atom stereocenters. The molecule has 1 heterocycles. The summed E-state index contributed by atoms with van der Waals surface area (Å²) >= 11 is 0. The number of hydrogen-bond acceptors (Lipinski definition) is 4. The third kappa shape index (κ3) is 4.97. The van der Waals surface area contributed by atoms with Gasteiger partial charge in [0.05, 0.1) is 7.11 Å². The number of benzene rings is 2. The predicted octanol–water partition coefficient (Wildman–Crippen LogP) is 4.60. The van der Waals surface area contributed by atoms with Crippen molar-refractivity contribution in [1.82, 2.24) is 9.80 Å². The summed E-state index contributed by atoms with van der Waals surface area (Å²) in [6.45, 7) is 7.47. The normalized spacial score (nSPS) is 25.8. The third-order valence-electron chi connectivity index (χ3n) is 7.25. The molecular weight excluding hydrogens is 384 g/mol. The topological polar surface area (TPSA) is 24.9 Å². The highest BCUT2D eigenvalue weighted by molar-refractivity contribution is 5.43. The van der Waals surface area contributed by atoms with Gasteiger partial charge in [-0.15, -0.1) is 0 Å². The Morgan fingerprint density at radius 1 is 0.839 bits per heavy atom. The number of fused-ring (bicyclic) bond motifs is 2. The minimum Gasteiger partial charge on any atom is -0.493 e. The van der Waals surface area contributed by atoms with Crippen LogP contribution < -0.4 is 9.47 Å². The maximum Gasteiger partial charge on any atom is 0.161 e. The summed E-state index contributed by atoms with van der Waals surface area (Å²) in [7, 11) is 1.70. The number of methoxy groups -OCH3 is 1. The van der Waals surface area contributed by atoms with E-state index in [1.54, 1.807) is 7.11 Å². The standard InChI is InChI=1S/C27H34N2O2/c1-30-26-10-8-23(17-27(26)31-20-21-5-3-2-4-6-21)18-28-11-13-29(14-12-28)19-25-16-22-7-9-24(25)15-22/h2-10,17,22,24-25H,11-16,18-20H2,1H3/t22-,24+,25+/m1/s1. The third-order valence-corrected chi connectivity index (χ3v) is 7.25. The molecule has 5 rings (SSSR count). The number of piperazine rings is 1. The van der Waals surface area contributed by atoms with E-state index in [1.807, 2.05) is 24.3 Å². The van der Waals surface area contributed by atoms with Gasteiger partial charge in [0.2, 0.25) is 0 Å². The van der Waals surface area contributed by atoms with Gasteiger partial charge in [-0.3, -0.25) is 4.90 Å². The molecule has 3 atom stereocenters. The van der Waals surface area contributed by atoms with E-state index in [-0.39, 0.29) is 0 Å². The maximum atomic E-state index is 6.10. The molecule has 0 aromatic heterocycles. The zero-order valence-corrected chi connectivity index (χ0v) is 18.6. The van der Waals surface area contributed by atoms with E-state index in [0.717, 1.165) is 54.5 Å². The van der Waals surface area contributed by atoms with Gasteiger partial charge in [0.15, 0.2) is 11.5 Å². The molecule has 1 saturated carbocycles. The van der Waals surface area contributed by atoms with Crippen LogP contribution in [0, 0.1) is 17.8 Å². The Labute approximate surface area is 186 Å². The smallest absolute Gasteiger partial charge is 0.161 e. The SMILES string of the molecule is COc1ccc(CN2CCN(C[C@@H]3C[C@@H]4C=C[C@H]3C4)CC2)cc1OCc1ccccc1. The largest absolute Gasteiger partial charge is 0.493 e. The Bertz CT molecular complexity index is 889. The Balaban J connectivity index is 1.13. The molecule has 2 fully saturated rings. The van der Waals surface area contributed by atoms with Gasteiger partial charge < -0.3 is 14.4 Å². The highest BCUT2D eigenvalue weighted by atomic mass is 16.5. The summed E-state index contributed by atoms with van der Waals surface area (Å²) in [6.07, 6.45) is 7.76. The summed E-state index contributed by atoms with van der Waals surface area (Å²) in [6, 6.07) is 16.6. The number of allylic oxidation sites excluding steroid dienone is 2. The van der Waals surface area contributed by atoms with Gasteiger partial charge in [-0.25, -0.2) is 0 Å². The second-order valence-corrected chi connectivity index (χ2v) is 9.38. The minimum atomic E-state index is 0.553. The molecule has 164 valence electrons. The molecule has 2 bridgehead atoms. The van der Waals surface area contributed by atoms with E-state index in [0.29, 0.717) is 6.61 Å². The summed E-state index contributed by atoms with van der Waals surface area (Å²) in [5.41, 5.74) is 2.45. The molecule has 31 heavy (non-hydrogen) atoms. The van der Waals surface area contributed by atoms with Crippen LogP contribution >= 0.6 is 0 Å². The molecule has 0 amide bonds. The fraction of sp³-hybridized carbons (Fsp3) is 0.481. The van der Waals surface area contributed by atoms with Gasteiger partial charge in [-0.05, 0) is 53.9 Å². The van der Waals surface area contributed by atoms with Gasteiger partial charge in [0, 0.05) is 39.3 Å². The summed E-state index contributed by atoms with van der Waals surface area (Å²) in [5.74, 6) is 4.25. The van der Waals surface area contributed by atoms with Crippen LogP contribution in [-0.2, 0) is 13.2 Å². The number of ether oxygens (including phenoxy) is 2. The number of nitrogens with zero attached hydrogens (tertiary/aromatic N) is 2. The van der Waals surface area contributed by atoms with Crippen LogP contribution in [0.1, 0.15) is 24.0 Å². The zero-order valence-electron chi connectivity index (χ0n) is 18.6. The van der Waals surface area contributed by atoms with E-state index >= 15 is 0 Å². The highest BCUT2D eigenvalue weighted by Crippen LogP contribution is 2.43. The van der Waals surface area contributed by atoms with E-state index in [2.05, 4.69) is 46.2 Å². The first-order chi connectivity index (χ1) is 15.3. The van der Waals surface area contributed by atoms with Crippen molar-refractivity contribution in [1.29, 1.82) is 0 Å². The van der Waals surface area contributed by atoms with Crippen LogP contribution in [0.5, 0.6) is 11.5 Å².